The molecule has 0 aliphatic heterocycles. The molecule has 0 fully saturated rings. The van der Waals surface area contributed by atoms with Crippen molar-refractivity contribution in [2.75, 3.05) is 0 Å². The zero-order valence-electron chi connectivity index (χ0n) is 23.5. The zero-order valence-corrected chi connectivity index (χ0v) is 25.4. The van der Waals surface area contributed by atoms with Crippen molar-refractivity contribution < 1.29 is 83.3 Å². The molecule has 4 rings (SSSR count). The Morgan fingerprint density at radius 3 is 0.500 bits per heavy atom. The summed E-state index contributed by atoms with van der Waals surface area (Å²) < 4.78 is 0. The number of hydrogen-bond donors (Lipinski definition) is 4. The molecular weight excluding hydrogens is 703 g/mol. The van der Waals surface area contributed by atoms with Crippen LogP contribution >= 0.6 is 0 Å². The molecule has 0 saturated carbocycles. The van der Waals surface area contributed by atoms with E-state index in [1.165, 1.54) is 48.5 Å². The number of carbonyl (C=O) groups excluding carboxylic acids is 6. The van der Waals surface area contributed by atoms with Crippen LogP contribution in [0, 0.1) is 0 Å². The zero-order chi connectivity index (χ0) is 33.9. The number of urea groups is 2. The normalized spacial score (nSPS) is 8.00. The van der Waals surface area contributed by atoms with Gasteiger partial charge in [-0.05, 0) is 22.3 Å². The Morgan fingerprint density at radius 1 is 0.326 bits per heavy atom. The van der Waals surface area contributed by atoms with Crippen LogP contribution in [-0.2, 0) is 34.1 Å². The number of rotatable bonds is 4. The fourth-order valence-corrected chi connectivity index (χ4v) is 2.30. The van der Waals surface area contributed by atoms with Gasteiger partial charge in [0.1, 0.15) is 0 Å². The number of hydrogen-bond acceptors (Lipinski definition) is 10. The molecule has 16 heteroatoms. The maximum Gasteiger partial charge on any atom is 2.00 e. The van der Waals surface area contributed by atoms with Gasteiger partial charge in [0.05, 0.1) is 23.9 Å². The number of benzene rings is 4. The Bertz CT molecular complexity index is 1220. The second-order valence-electron chi connectivity index (χ2n) is 7.42. The Morgan fingerprint density at radius 2 is 0.435 bits per heavy atom. The van der Waals surface area contributed by atoms with Gasteiger partial charge in [0.15, 0.2) is 0 Å². The van der Waals surface area contributed by atoms with E-state index in [4.69, 9.17) is 9.59 Å². The van der Waals surface area contributed by atoms with E-state index in [1.54, 1.807) is 72.8 Å². The molecule has 0 atom stereocenters. The first-order valence-corrected chi connectivity index (χ1v) is 11.8. The first-order chi connectivity index (χ1) is 20.7. The number of primary amides is 4. The van der Waals surface area contributed by atoms with Crippen molar-refractivity contribution in [1.82, 2.24) is 0 Å². The van der Waals surface area contributed by atoms with Gasteiger partial charge in [0.25, 0.3) is 0 Å². The Hall–Kier alpha value is -5.66. The topological polar surface area (TPSA) is 299 Å². The minimum absolute atomic E-state index is 0. The summed E-state index contributed by atoms with van der Waals surface area (Å²) in [6.45, 7) is 0. The quantitative estimate of drug-likeness (QED) is 0.172. The van der Waals surface area contributed by atoms with Crippen LogP contribution in [-0.4, -0.2) is 35.9 Å². The van der Waals surface area contributed by atoms with Gasteiger partial charge < -0.3 is 62.5 Å². The fourth-order valence-electron chi connectivity index (χ4n) is 2.30. The standard InChI is InChI=1S/4C7H6O2.2CH4N2O.2Cu/c4*8-7(9)6-4-2-1-3-5-6;2*2-1(3)4;;/h4*1-5H,(H,8,9);2*(H4,2,3,4);;/q;;;;;;2*+2/p-4. The van der Waals surface area contributed by atoms with E-state index in [1.807, 2.05) is 0 Å². The van der Waals surface area contributed by atoms with Gasteiger partial charge in [-0.2, -0.15) is 0 Å². The minimum atomic E-state index is -1.13. The summed E-state index contributed by atoms with van der Waals surface area (Å²) in [6.07, 6.45) is 0. The predicted octanol–water partition coefficient (Wildman–Crippen LogP) is -1.76. The van der Waals surface area contributed by atoms with E-state index in [0.29, 0.717) is 0 Å². The van der Waals surface area contributed by atoms with Crippen LogP contribution < -0.4 is 43.4 Å². The third kappa shape index (κ3) is 29.8. The first kappa shape index (κ1) is 47.3. The first-order valence-electron chi connectivity index (χ1n) is 11.8. The van der Waals surface area contributed by atoms with Gasteiger partial charge in [-0.3, -0.25) is 0 Å². The number of nitrogens with two attached hydrogens (primary N) is 4. The van der Waals surface area contributed by atoms with Crippen LogP contribution in [0.1, 0.15) is 41.4 Å². The molecule has 14 nitrogen and oxygen atoms in total. The molecule has 0 aliphatic carbocycles. The van der Waals surface area contributed by atoms with Crippen LogP contribution in [0.3, 0.4) is 0 Å². The van der Waals surface area contributed by atoms with Gasteiger partial charge in [0, 0.05) is 0 Å². The smallest absolute Gasteiger partial charge is 0.545 e. The molecule has 4 aromatic rings. The maximum atomic E-state index is 10.1. The van der Waals surface area contributed by atoms with Crippen LogP contribution in [0.25, 0.3) is 0 Å². The molecule has 0 saturated heterocycles. The van der Waals surface area contributed by atoms with Crippen LogP contribution in [0.15, 0.2) is 121 Å². The minimum Gasteiger partial charge on any atom is -0.545 e. The van der Waals surface area contributed by atoms with E-state index in [0.717, 1.165) is 0 Å². The van der Waals surface area contributed by atoms with Gasteiger partial charge in [-0.15, -0.1) is 0 Å². The number of carboxylic acid groups (broad SMARTS) is 4. The van der Waals surface area contributed by atoms with Crippen LogP contribution in [0.2, 0.25) is 0 Å². The average molecular weight is 732 g/mol. The molecular formula is C30H28Cu2N4O10. The molecule has 0 spiro atoms. The van der Waals surface area contributed by atoms with E-state index >= 15 is 0 Å². The summed E-state index contributed by atoms with van der Waals surface area (Å²) >= 11 is 0. The SMILES string of the molecule is NC(N)=O.NC(N)=O.O=C([O-])c1ccccc1.O=C([O-])c1ccccc1.O=C([O-])c1ccccc1.O=C([O-])c1ccccc1.[Cu+2].[Cu+2]. The number of carboxylic acids is 4. The number of amides is 4. The molecule has 46 heavy (non-hydrogen) atoms. The van der Waals surface area contributed by atoms with Gasteiger partial charge in [-0.1, -0.05) is 121 Å². The molecule has 0 bridgehead atoms. The molecule has 0 aromatic heterocycles. The van der Waals surface area contributed by atoms with Crippen molar-refractivity contribution in [3.8, 4) is 0 Å². The molecule has 4 amide bonds. The molecule has 4 aromatic carbocycles. The van der Waals surface area contributed by atoms with Gasteiger partial charge in [0.2, 0.25) is 0 Å². The third-order valence-electron chi connectivity index (χ3n) is 4.04. The average Bonchev–Trinajstić information content (AvgIpc) is 2.99. The fraction of sp³-hybridized carbons (Fsp3) is 0. The van der Waals surface area contributed by atoms with Crippen molar-refractivity contribution >= 4 is 35.9 Å². The Kier molecular flexibility index (Phi) is 30.2. The Labute approximate surface area is 285 Å². The number of aromatic carboxylic acids is 4. The van der Waals surface area contributed by atoms with E-state index in [2.05, 4.69) is 22.9 Å². The second-order valence-corrected chi connectivity index (χ2v) is 7.42. The van der Waals surface area contributed by atoms with Crippen molar-refractivity contribution in [1.29, 1.82) is 0 Å². The summed E-state index contributed by atoms with van der Waals surface area (Å²) in [5, 5.41) is 40.4. The van der Waals surface area contributed by atoms with Crippen molar-refractivity contribution in [3.05, 3.63) is 144 Å². The summed E-state index contributed by atoms with van der Waals surface area (Å²) in [6, 6.07) is 30.6. The van der Waals surface area contributed by atoms with Gasteiger partial charge in [-0.25, -0.2) is 9.59 Å². The van der Waals surface area contributed by atoms with Gasteiger partial charge >= 0.3 is 46.2 Å². The van der Waals surface area contributed by atoms with Crippen molar-refractivity contribution in [2.24, 2.45) is 22.9 Å². The Balaban J connectivity index is -0.000000234. The second kappa shape index (κ2) is 29.4. The molecule has 250 valence electrons. The largest absolute Gasteiger partial charge is 2.00 e. The van der Waals surface area contributed by atoms with E-state index in [-0.39, 0.29) is 56.4 Å². The van der Waals surface area contributed by atoms with Crippen LogP contribution in [0.5, 0.6) is 0 Å². The summed E-state index contributed by atoms with van der Waals surface area (Å²) in [5.41, 5.74) is 17.9. The number of carbonyl (C=O) groups is 6. The third-order valence-corrected chi connectivity index (χ3v) is 4.04. The summed E-state index contributed by atoms with van der Waals surface area (Å²) in [7, 11) is 0. The monoisotopic (exact) mass is 730 g/mol. The predicted molar refractivity (Wildman–Crippen MR) is 151 cm³/mol. The molecule has 0 aliphatic rings. The molecule has 2 radical (unpaired) electrons. The van der Waals surface area contributed by atoms with E-state index < -0.39 is 35.9 Å². The summed E-state index contributed by atoms with van der Waals surface area (Å²) in [5.74, 6) is -4.52. The molecule has 8 N–H and O–H groups in total. The summed E-state index contributed by atoms with van der Waals surface area (Å²) in [4.78, 5) is 58.4. The molecule has 0 unspecified atom stereocenters. The van der Waals surface area contributed by atoms with Crippen molar-refractivity contribution in [3.63, 3.8) is 0 Å². The molecule has 0 heterocycles. The van der Waals surface area contributed by atoms with E-state index in [9.17, 15) is 39.6 Å². The van der Waals surface area contributed by atoms with Crippen molar-refractivity contribution in [2.45, 2.75) is 0 Å². The maximum absolute atomic E-state index is 10.1. The van der Waals surface area contributed by atoms with Crippen LogP contribution in [0.4, 0.5) is 9.59 Å².